The molecule has 2 heterocycles. The van der Waals surface area contributed by atoms with Gasteiger partial charge in [0.2, 0.25) is 0 Å². The van der Waals surface area contributed by atoms with Crippen molar-refractivity contribution in [3.05, 3.63) is 35.6 Å². The van der Waals surface area contributed by atoms with E-state index in [1.54, 1.807) is 17.0 Å². The van der Waals surface area contributed by atoms with Crippen LogP contribution in [0.3, 0.4) is 0 Å². The molecule has 6 heteroatoms. The van der Waals surface area contributed by atoms with Gasteiger partial charge in [-0.05, 0) is 49.3 Å². The Kier molecular flexibility index (Phi) is 5.68. The van der Waals surface area contributed by atoms with Crippen LogP contribution >= 0.6 is 0 Å². The maximum absolute atomic E-state index is 13.0. The predicted molar refractivity (Wildman–Crippen MR) is 88.0 cm³/mol. The molecule has 0 aliphatic carbocycles. The molecule has 0 radical (unpaired) electrons. The number of carbonyl (C=O) groups excluding carboxylic acids is 1. The number of nitrogens with one attached hydrogen (secondary N) is 1. The van der Waals surface area contributed by atoms with Gasteiger partial charge in [0.1, 0.15) is 5.82 Å². The minimum atomic E-state index is -0.609. The number of aliphatic hydroxyl groups is 1. The van der Waals surface area contributed by atoms with Gasteiger partial charge in [0.15, 0.2) is 0 Å². The molecule has 2 aliphatic rings. The van der Waals surface area contributed by atoms with E-state index < -0.39 is 6.10 Å². The molecule has 2 saturated heterocycles. The van der Waals surface area contributed by atoms with Gasteiger partial charge in [-0.2, -0.15) is 0 Å². The third-order valence-corrected chi connectivity index (χ3v) is 4.99. The number of hydrogen-bond donors (Lipinski definition) is 2. The van der Waals surface area contributed by atoms with Crippen LogP contribution in [-0.4, -0.2) is 48.4 Å². The number of hydrogen-bond acceptors (Lipinski definition) is 3. The Balaban J connectivity index is 1.44. The summed E-state index contributed by atoms with van der Waals surface area (Å²) >= 11 is 0. The molecule has 2 unspecified atom stereocenters. The minimum Gasteiger partial charge on any atom is -0.388 e. The second-order valence-corrected chi connectivity index (χ2v) is 6.64. The number of likely N-dealkylation sites (tertiary alicyclic amines) is 1. The first-order valence-corrected chi connectivity index (χ1v) is 8.71. The van der Waals surface area contributed by atoms with Gasteiger partial charge >= 0.3 is 6.03 Å². The molecule has 2 N–H and O–H groups in total. The Morgan fingerprint density at radius 1 is 1.29 bits per heavy atom. The lowest BCUT2D eigenvalue weighted by Gasteiger charge is -2.34. The summed E-state index contributed by atoms with van der Waals surface area (Å²) in [6.45, 7) is 2.60. The van der Waals surface area contributed by atoms with Crippen LogP contribution in [0, 0.1) is 11.7 Å². The van der Waals surface area contributed by atoms with Gasteiger partial charge in [-0.3, -0.25) is 0 Å². The van der Waals surface area contributed by atoms with Gasteiger partial charge in [0, 0.05) is 26.2 Å². The van der Waals surface area contributed by atoms with Crippen LogP contribution in [0.4, 0.5) is 9.18 Å². The fraction of sp³-hybridized carbons (Fsp3) is 0.611. The second kappa shape index (κ2) is 7.94. The van der Waals surface area contributed by atoms with Crippen molar-refractivity contribution in [2.45, 2.75) is 37.9 Å². The van der Waals surface area contributed by atoms with Crippen LogP contribution in [0.1, 0.15) is 37.4 Å². The van der Waals surface area contributed by atoms with E-state index in [4.69, 9.17) is 4.74 Å². The monoisotopic (exact) mass is 336 g/mol. The molecule has 0 saturated carbocycles. The zero-order valence-corrected chi connectivity index (χ0v) is 13.8. The number of halogens is 1. The van der Waals surface area contributed by atoms with Crippen molar-refractivity contribution in [3.63, 3.8) is 0 Å². The Morgan fingerprint density at radius 2 is 2.00 bits per heavy atom. The minimum absolute atomic E-state index is 0.0554. The van der Waals surface area contributed by atoms with E-state index in [-0.39, 0.29) is 23.9 Å². The second-order valence-electron chi connectivity index (χ2n) is 6.64. The summed E-state index contributed by atoms with van der Waals surface area (Å²) in [6.07, 6.45) is 3.09. The fourth-order valence-corrected chi connectivity index (χ4v) is 3.47. The van der Waals surface area contributed by atoms with Gasteiger partial charge in [-0.1, -0.05) is 12.1 Å². The van der Waals surface area contributed by atoms with Crippen LogP contribution in [0.2, 0.25) is 0 Å². The van der Waals surface area contributed by atoms with Gasteiger partial charge in [0.05, 0.1) is 12.2 Å². The normalized spacial score (nSPS) is 23.2. The van der Waals surface area contributed by atoms with Crippen molar-refractivity contribution >= 4 is 6.03 Å². The first-order valence-electron chi connectivity index (χ1n) is 8.71. The zero-order valence-electron chi connectivity index (χ0n) is 13.8. The summed E-state index contributed by atoms with van der Waals surface area (Å²) in [5, 5.41) is 13.4. The van der Waals surface area contributed by atoms with Crippen molar-refractivity contribution in [1.29, 1.82) is 0 Å². The Morgan fingerprint density at radius 3 is 2.62 bits per heavy atom. The lowest BCUT2D eigenvalue weighted by Crippen LogP contribution is -2.46. The molecule has 1 aromatic carbocycles. The summed E-state index contributed by atoms with van der Waals surface area (Å²) in [7, 11) is 0. The first kappa shape index (κ1) is 17.2. The third-order valence-electron chi connectivity index (χ3n) is 4.99. The molecule has 2 fully saturated rings. The van der Waals surface area contributed by atoms with E-state index in [1.807, 2.05) is 0 Å². The summed E-state index contributed by atoms with van der Waals surface area (Å²) in [5.41, 5.74) is 0.734. The van der Waals surface area contributed by atoms with Crippen molar-refractivity contribution in [1.82, 2.24) is 10.2 Å². The van der Waals surface area contributed by atoms with Crippen LogP contribution < -0.4 is 5.32 Å². The van der Waals surface area contributed by atoms with Crippen LogP contribution in [-0.2, 0) is 4.74 Å². The van der Waals surface area contributed by atoms with E-state index in [9.17, 15) is 14.3 Å². The number of amides is 2. The van der Waals surface area contributed by atoms with Gasteiger partial charge in [0.25, 0.3) is 0 Å². The summed E-state index contributed by atoms with van der Waals surface area (Å²) in [6, 6.07) is 5.93. The summed E-state index contributed by atoms with van der Waals surface area (Å²) in [5.74, 6) is -0.207. The molecule has 24 heavy (non-hydrogen) atoms. The van der Waals surface area contributed by atoms with E-state index in [0.29, 0.717) is 19.6 Å². The van der Waals surface area contributed by atoms with E-state index >= 15 is 0 Å². The molecular formula is C18H25FN2O3. The highest BCUT2D eigenvalue weighted by Crippen LogP contribution is 2.30. The summed E-state index contributed by atoms with van der Waals surface area (Å²) < 4.78 is 18.5. The lowest BCUT2D eigenvalue weighted by atomic mass is 9.87. The van der Waals surface area contributed by atoms with E-state index in [0.717, 1.165) is 37.9 Å². The fourth-order valence-electron chi connectivity index (χ4n) is 3.47. The van der Waals surface area contributed by atoms with Crippen molar-refractivity contribution < 1.29 is 19.0 Å². The molecule has 1 aromatic rings. The highest BCUT2D eigenvalue weighted by atomic mass is 19.1. The summed E-state index contributed by atoms with van der Waals surface area (Å²) in [4.78, 5) is 14.0. The van der Waals surface area contributed by atoms with Crippen molar-refractivity contribution in [3.8, 4) is 0 Å². The standard InChI is InChI=1S/C18H25FN2O3/c19-15-5-3-13(4-6-15)17(22)14-7-9-21(10-8-14)18(23)20-12-16-2-1-11-24-16/h3-6,14,16-17,22H,1-2,7-12H2,(H,20,23). The number of carbonyl (C=O) groups is 1. The Labute approximate surface area is 141 Å². The predicted octanol–water partition coefficient (Wildman–Crippen LogP) is 2.46. The SMILES string of the molecule is O=C(NCC1CCCO1)N1CCC(C(O)c2ccc(F)cc2)CC1. The molecular weight excluding hydrogens is 311 g/mol. The lowest BCUT2D eigenvalue weighted by molar-refractivity contribution is 0.0651. The maximum Gasteiger partial charge on any atom is 0.317 e. The molecule has 5 nitrogen and oxygen atoms in total. The first-order chi connectivity index (χ1) is 11.6. The number of piperidine rings is 1. The number of benzene rings is 1. The van der Waals surface area contributed by atoms with Crippen molar-refractivity contribution in [2.24, 2.45) is 5.92 Å². The smallest absolute Gasteiger partial charge is 0.317 e. The van der Waals surface area contributed by atoms with E-state index in [1.165, 1.54) is 12.1 Å². The van der Waals surface area contributed by atoms with Crippen LogP contribution in [0.15, 0.2) is 24.3 Å². The van der Waals surface area contributed by atoms with E-state index in [2.05, 4.69) is 5.32 Å². The molecule has 0 aromatic heterocycles. The van der Waals surface area contributed by atoms with Crippen LogP contribution in [0.5, 0.6) is 0 Å². The average molecular weight is 336 g/mol. The maximum atomic E-state index is 13.0. The average Bonchev–Trinajstić information content (AvgIpc) is 3.13. The largest absolute Gasteiger partial charge is 0.388 e. The number of ether oxygens (including phenoxy) is 1. The third kappa shape index (κ3) is 4.24. The molecule has 3 rings (SSSR count). The topological polar surface area (TPSA) is 61.8 Å². The Hall–Kier alpha value is -1.66. The van der Waals surface area contributed by atoms with Gasteiger partial charge < -0.3 is 20.1 Å². The van der Waals surface area contributed by atoms with Crippen molar-refractivity contribution in [2.75, 3.05) is 26.2 Å². The highest BCUT2D eigenvalue weighted by Gasteiger charge is 2.28. The number of aliphatic hydroxyl groups excluding tert-OH is 1. The zero-order chi connectivity index (χ0) is 16.9. The molecule has 132 valence electrons. The number of rotatable bonds is 4. The molecule has 0 bridgehead atoms. The molecule has 2 aliphatic heterocycles. The molecule has 2 amide bonds. The van der Waals surface area contributed by atoms with Gasteiger partial charge in [-0.15, -0.1) is 0 Å². The number of nitrogens with zero attached hydrogens (tertiary/aromatic N) is 1. The highest BCUT2D eigenvalue weighted by molar-refractivity contribution is 5.74. The number of urea groups is 1. The Bertz CT molecular complexity index is 538. The molecule has 2 atom stereocenters. The van der Waals surface area contributed by atoms with Gasteiger partial charge in [-0.25, -0.2) is 9.18 Å². The molecule has 0 spiro atoms. The quantitative estimate of drug-likeness (QED) is 0.888. The van der Waals surface area contributed by atoms with Crippen LogP contribution in [0.25, 0.3) is 0 Å².